The lowest BCUT2D eigenvalue weighted by atomic mass is 10.0. The molecule has 0 saturated carbocycles. The van der Waals surface area contributed by atoms with Gasteiger partial charge in [-0.05, 0) is 55.4 Å². The Kier molecular flexibility index (Phi) is 10.7. The first-order valence-corrected chi connectivity index (χ1v) is 14.4. The summed E-state index contributed by atoms with van der Waals surface area (Å²) in [6.07, 6.45) is 0.314. The highest BCUT2D eigenvalue weighted by Gasteiger charge is 2.36. The van der Waals surface area contributed by atoms with Crippen molar-refractivity contribution >= 4 is 40.7 Å². The van der Waals surface area contributed by atoms with Gasteiger partial charge in [0.15, 0.2) is 0 Å². The summed E-state index contributed by atoms with van der Waals surface area (Å²) in [6.45, 7) is 6.72. The van der Waals surface area contributed by atoms with Crippen molar-refractivity contribution in [3.8, 4) is 0 Å². The number of ether oxygens (including phenoxy) is 1. The van der Waals surface area contributed by atoms with Gasteiger partial charge in [-0.2, -0.15) is 0 Å². The third kappa shape index (κ3) is 7.44. The van der Waals surface area contributed by atoms with E-state index in [9.17, 15) is 14.0 Å². The number of likely N-dealkylation sites (N-methyl/N-ethyl adjacent to an activating group) is 1. The van der Waals surface area contributed by atoms with Crippen molar-refractivity contribution in [2.75, 3.05) is 71.5 Å². The van der Waals surface area contributed by atoms with E-state index in [0.717, 1.165) is 16.8 Å². The van der Waals surface area contributed by atoms with E-state index in [1.54, 1.807) is 30.2 Å². The van der Waals surface area contributed by atoms with Gasteiger partial charge < -0.3 is 24.8 Å². The Morgan fingerprint density at radius 2 is 1.85 bits per heavy atom. The molecule has 4 rings (SSSR count). The Hall–Kier alpha value is -2.43. The van der Waals surface area contributed by atoms with Crippen LogP contribution in [0.3, 0.4) is 0 Å². The number of nitrogens with one attached hydrogen (secondary N) is 1. The van der Waals surface area contributed by atoms with Gasteiger partial charge in [0.2, 0.25) is 11.8 Å². The maximum atomic E-state index is 14.2. The van der Waals surface area contributed by atoms with E-state index in [1.807, 2.05) is 24.1 Å². The molecule has 218 valence electrons. The van der Waals surface area contributed by atoms with E-state index in [2.05, 4.69) is 22.0 Å². The van der Waals surface area contributed by atoms with Gasteiger partial charge in [-0.15, -0.1) is 0 Å². The Balaban J connectivity index is 1.48. The first kappa shape index (κ1) is 30.5. The largest absolute Gasteiger partial charge is 0.383 e. The van der Waals surface area contributed by atoms with Crippen LogP contribution in [0.1, 0.15) is 18.1 Å². The standard InChI is InChI=1S/C29H38Cl2FN5O3/c1-20(19-40-3)34(2)18-22-14-24(32)6-7-26(22)35-10-12-36(13-11-35)29(39)27(37-9-8-33-17-28(37)38)15-21-4-5-23(30)16-25(21)31/h4-7,14,16,20,27,33H,8-13,15,17-19H2,1-3H3/t20-,27-/m1/s1. The molecule has 0 unspecified atom stereocenters. The number of amides is 2. The SMILES string of the molecule is COC[C@@H](C)N(C)Cc1cc(F)ccc1N1CCN(C(=O)[C@@H](Cc2ccc(Cl)cc2Cl)N2CCNCC2=O)CC1. The third-order valence-corrected chi connectivity index (χ3v) is 8.36. The van der Waals surface area contributed by atoms with Crippen LogP contribution in [0.25, 0.3) is 0 Å². The van der Waals surface area contributed by atoms with Crippen LogP contribution < -0.4 is 10.2 Å². The maximum Gasteiger partial charge on any atom is 0.245 e. The number of carbonyl (C=O) groups is 2. The fourth-order valence-corrected chi connectivity index (χ4v) is 5.82. The fraction of sp³-hybridized carbons (Fsp3) is 0.517. The number of anilines is 1. The third-order valence-electron chi connectivity index (χ3n) is 7.77. The number of carbonyl (C=O) groups excluding carboxylic acids is 2. The zero-order valence-corrected chi connectivity index (χ0v) is 24.8. The van der Waals surface area contributed by atoms with Crippen molar-refractivity contribution in [3.05, 3.63) is 63.4 Å². The summed E-state index contributed by atoms with van der Waals surface area (Å²) < 4.78 is 19.5. The number of hydrogen-bond acceptors (Lipinski definition) is 6. The highest BCUT2D eigenvalue weighted by molar-refractivity contribution is 6.35. The summed E-state index contributed by atoms with van der Waals surface area (Å²) in [4.78, 5) is 34.6. The lowest BCUT2D eigenvalue weighted by molar-refractivity contribution is -0.146. The van der Waals surface area contributed by atoms with Crippen molar-refractivity contribution in [2.45, 2.75) is 32.0 Å². The number of halogens is 3. The van der Waals surface area contributed by atoms with E-state index in [4.69, 9.17) is 27.9 Å². The molecule has 2 aliphatic rings. The molecule has 2 saturated heterocycles. The topological polar surface area (TPSA) is 68.4 Å². The molecule has 0 aromatic heterocycles. The predicted molar refractivity (Wildman–Crippen MR) is 157 cm³/mol. The molecule has 2 aromatic rings. The van der Waals surface area contributed by atoms with E-state index >= 15 is 0 Å². The number of rotatable bonds is 10. The van der Waals surface area contributed by atoms with Crippen LogP contribution in [0.5, 0.6) is 0 Å². The average Bonchev–Trinajstić information content (AvgIpc) is 2.93. The highest BCUT2D eigenvalue weighted by atomic mass is 35.5. The number of hydrogen-bond donors (Lipinski definition) is 1. The second-order valence-corrected chi connectivity index (χ2v) is 11.4. The quantitative estimate of drug-likeness (QED) is 0.456. The van der Waals surface area contributed by atoms with Gasteiger partial charge in [-0.1, -0.05) is 29.3 Å². The van der Waals surface area contributed by atoms with Gasteiger partial charge in [-0.25, -0.2) is 4.39 Å². The number of piperazine rings is 2. The van der Waals surface area contributed by atoms with Crippen molar-refractivity contribution in [1.82, 2.24) is 20.0 Å². The van der Waals surface area contributed by atoms with Crippen LogP contribution in [0.2, 0.25) is 10.0 Å². The van der Waals surface area contributed by atoms with Gasteiger partial charge in [0.1, 0.15) is 11.9 Å². The van der Waals surface area contributed by atoms with Crippen molar-refractivity contribution in [3.63, 3.8) is 0 Å². The molecule has 2 aliphatic heterocycles. The minimum Gasteiger partial charge on any atom is -0.383 e. The Morgan fingerprint density at radius 1 is 1.10 bits per heavy atom. The van der Waals surface area contributed by atoms with Crippen LogP contribution in [-0.4, -0.2) is 105 Å². The van der Waals surface area contributed by atoms with Gasteiger partial charge in [0.25, 0.3) is 0 Å². The zero-order chi connectivity index (χ0) is 28.8. The molecule has 0 bridgehead atoms. The number of methoxy groups -OCH3 is 1. The smallest absolute Gasteiger partial charge is 0.245 e. The highest BCUT2D eigenvalue weighted by Crippen LogP contribution is 2.27. The van der Waals surface area contributed by atoms with Gasteiger partial charge in [-0.3, -0.25) is 14.5 Å². The monoisotopic (exact) mass is 593 g/mol. The second-order valence-electron chi connectivity index (χ2n) is 10.5. The fourth-order valence-electron chi connectivity index (χ4n) is 5.34. The van der Waals surface area contributed by atoms with E-state index < -0.39 is 6.04 Å². The molecule has 40 heavy (non-hydrogen) atoms. The van der Waals surface area contributed by atoms with E-state index in [0.29, 0.717) is 68.9 Å². The van der Waals surface area contributed by atoms with Crippen LogP contribution in [-0.2, 0) is 27.3 Å². The molecule has 8 nitrogen and oxygen atoms in total. The zero-order valence-electron chi connectivity index (χ0n) is 23.3. The number of benzene rings is 2. The molecule has 2 heterocycles. The van der Waals surface area contributed by atoms with Gasteiger partial charge in [0, 0.05) is 81.1 Å². The summed E-state index contributed by atoms with van der Waals surface area (Å²) in [5, 5.41) is 4.07. The summed E-state index contributed by atoms with van der Waals surface area (Å²) in [7, 11) is 3.67. The van der Waals surface area contributed by atoms with Crippen molar-refractivity contribution in [1.29, 1.82) is 0 Å². The average molecular weight is 595 g/mol. The first-order chi connectivity index (χ1) is 19.2. The molecule has 2 aromatic carbocycles. The maximum absolute atomic E-state index is 14.2. The minimum atomic E-state index is -0.655. The summed E-state index contributed by atoms with van der Waals surface area (Å²) >= 11 is 12.5. The molecule has 2 amide bonds. The molecule has 0 aliphatic carbocycles. The molecule has 0 radical (unpaired) electrons. The minimum absolute atomic E-state index is 0.0895. The lowest BCUT2D eigenvalue weighted by Gasteiger charge is -2.41. The molecule has 2 atom stereocenters. The Bertz CT molecular complexity index is 1190. The van der Waals surface area contributed by atoms with Crippen LogP contribution in [0.4, 0.5) is 10.1 Å². The summed E-state index contributed by atoms with van der Waals surface area (Å²) in [5.74, 6) is -0.464. The van der Waals surface area contributed by atoms with Gasteiger partial charge >= 0.3 is 0 Å². The molecule has 2 fully saturated rings. The second kappa shape index (κ2) is 14.0. The molecule has 11 heteroatoms. The Labute approximate surface area is 245 Å². The molecular weight excluding hydrogens is 556 g/mol. The molecule has 1 N–H and O–H groups in total. The predicted octanol–water partition coefficient (Wildman–Crippen LogP) is 3.29. The summed E-state index contributed by atoms with van der Waals surface area (Å²) in [5.41, 5.74) is 2.64. The van der Waals surface area contributed by atoms with E-state index in [-0.39, 0.29) is 30.2 Å². The van der Waals surface area contributed by atoms with Crippen LogP contribution in [0.15, 0.2) is 36.4 Å². The lowest BCUT2D eigenvalue weighted by Crippen LogP contribution is -2.60. The van der Waals surface area contributed by atoms with Crippen LogP contribution in [0, 0.1) is 5.82 Å². The van der Waals surface area contributed by atoms with Crippen molar-refractivity contribution < 1.29 is 18.7 Å². The first-order valence-electron chi connectivity index (χ1n) is 13.6. The van der Waals surface area contributed by atoms with Crippen LogP contribution >= 0.6 is 23.2 Å². The van der Waals surface area contributed by atoms with Gasteiger partial charge in [0.05, 0.1) is 13.2 Å². The number of nitrogens with zero attached hydrogens (tertiary/aromatic N) is 4. The molecule has 0 spiro atoms. The Morgan fingerprint density at radius 3 is 2.52 bits per heavy atom. The van der Waals surface area contributed by atoms with Crippen molar-refractivity contribution in [2.24, 2.45) is 0 Å². The van der Waals surface area contributed by atoms with E-state index in [1.165, 1.54) is 6.07 Å². The normalized spacial score (nSPS) is 17.9. The summed E-state index contributed by atoms with van der Waals surface area (Å²) in [6, 6.07) is 9.63. The molecular formula is C29H38Cl2FN5O3.